The first kappa shape index (κ1) is 17.8. The van der Waals surface area contributed by atoms with Crippen molar-refractivity contribution in [3.8, 4) is 0 Å². The predicted molar refractivity (Wildman–Crippen MR) is 86.9 cm³/mol. The Hall–Kier alpha value is -1.24. The summed E-state index contributed by atoms with van der Waals surface area (Å²) >= 11 is 1.56. The number of carbonyl (C=O) groups is 1. The number of ether oxygens (including phenoxy) is 1. The van der Waals surface area contributed by atoms with E-state index in [2.05, 4.69) is 10.6 Å². The first-order chi connectivity index (χ1) is 10.0. The van der Waals surface area contributed by atoms with Gasteiger partial charge in [0.05, 0.1) is 18.4 Å². The molecule has 0 spiro atoms. The summed E-state index contributed by atoms with van der Waals surface area (Å²) in [5.41, 5.74) is 0.757. The van der Waals surface area contributed by atoms with Gasteiger partial charge in [-0.05, 0) is 24.3 Å². The van der Waals surface area contributed by atoms with Gasteiger partial charge in [0.2, 0.25) is 0 Å². The van der Waals surface area contributed by atoms with Crippen molar-refractivity contribution in [1.29, 1.82) is 0 Å². The summed E-state index contributed by atoms with van der Waals surface area (Å²) in [6, 6.07) is 7.23. The van der Waals surface area contributed by atoms with E-state index in [0.29, 0.717) is 12.5 Å². The fraction of sp³-hybridized carbons (Fsp3) is 0.533. The summed E-state index contributed by atoms with van der Waals surface area (Å²) in [5, 5.41) is 15.1. The van der Waals surface area contributed by atoms with Crippen molar-refractivity contribution < 1.29 is 14.6 Å². The van der Waals surface area contributed by atoms with Crippen LogP contribution in [-0.4, -0.2) is 43.3 Å². The van der Waals surface area contributed by atoms with Crippen LogP contribution in [0.1, 0.15) is 13.8 Å². The van der Waals surface area contributed by atoms with Crippen LogP contribution < -0.4 is 10.6 Å². The second-order valence-electron chi connectivity index (χ2n) is 5.12. The second kappa shape index (κ2) is 9.65. The molecule has 21 heavy (non-hydrogen) atoms. The molecule has 2 amide bonds. The fourth-order valence-corrected chi connectivity index (χ4v) is 2.18. The van der Waals surface area contributed by atoms with E-state index in [1.165, 1.54) is 0 Å². The molecule has 1 aromatic rings. The van der Waals surface area contributed by atoms with Gasteiger partial charge < -0.3 is 20.5 Å². The lowest BCUT2D eigenvalue weighted by Gasteiger charge is -2.14. The monoisotopic (exact) mass is 312 g/mol. The molecule has 0 aliphatic rings. The first-order valence-electron chi connectivity index (χ1n) is 6.96. The molecule has 1 unspecified atom stereocenters. The molecule has 3 N–H and O–H groups in total. The van der Waals surface area contributed by atoms with Crippen LogP contribution in [0.25, 0.3) is 0 Å². The smallest absolute Gasteiger partial charge is 0.319 e. The van der Waals surface area contributed by atoms with Crippen LogP contribution in [0.5, 0.6) is 0 Å². The first-order valence-corrected chi connectivity index (χ1v) is 8.19. The highest BCUT2D eigenvalue weighted by Gasteiger charge is 2.09. The lowest BCUT2D eigenvalue weighted by molar-refractivity contribution is 0.0274. The zero-order valence-corrected chi connectivity index (χ0v) is 13.6. The Morgan fingerprint density at radius 3 is 2.71 bits per heavy atom. The molecule has 1 rings (SSSR count). The minimum absolute atomic E-state index is 0.158. The number of aliphatic hydroxyl groups excluding tert-OH is 1. The van der Waals surface area contributed by atoms with Gasteiger partial charge in [0, 0.05) is 18.0 Å². The van der Waals surface area contributed by atoms with Gasteiger partial charge in [-0.25, -0.2) is 4.79 Å². The lowest BCUT2D eigenvalue weighted by Crippen LogP contribution is -2.37. The van der Waals surface area contributed by atoms with Gasteiger partial charge in [0.25, 0.3) is 0 Å². The lowest BCUT2D eigenvalue weighted by atomic mass is 10.2. The molecule has 0 aromatic heterocycles. The summed E-state index contributed by atoms with van der Waals surface area (Å²) in [6.45, 7) is 5.07. The highest BCUT2D eigenvalue weighted by atomic mass is 32.2. The number of benzene rings is 1. The molecular weight excluding hydrogens is 288 g/mol. The standard InChI is InChI=1S/C15H24N2O3S/c1-11(2)9-20-10-12(18)8-16-15(19)17-13-6-4-5-7-14(13)21-3/h4-7,11-12,18H,8-10H2,1-3H3,(H2,16,17,19). The SMILES string of the molecule is CSc1ccccc1NC(=O)NCC(O)COCC(C)C. The van der Waals surface area contributed by atoms with Crippen molar-refractivity contribution in [2.75, 3.05) is 31.3 Å². The maximum atomic E-state index is 11.8. The Morgan fingerprint density at radius 1 is 1.33 bits per heavy atom. The summed E-state index contributed by atoms with van der Waals surface area (Å²) in [7, 11) is 0. The zero-order chi connectivity index (χ0) is 15.7. The van der Waals surface area contributed by atoms with Crippen molar-refractivity contribution in [1.82, 2.24) is 5.32 Å². The second-order valence-corrected chi connectivity index (χ2v) is 5.97. The van der Waals surface area contributed by atoms with E-state index in [1.807, 2.05) is 44.4 Å². The Bertz CT molecular complexity index is 441. The molecule has 118 valence electrons. The molecule has 0 saturated carbocycles. The van der Waals surface area contributed by atoms with Crippen LogP contribution >= 0.6 is 11.8 Å². The van der Waals surface area contributed by atoms with E-state index < -0.39 is 6.10 Å². The Balaban J connectivity index is 2.30. The van der Waals surface area contributed by atoms with Gasteiger partial charge in [0.15, 0.2) is 0 Å². The quantitative estimate of drug-likeness (QED) is 0.645. The van der Waals surface area contributed by atoms with Crippen LogP contribution in [0.15, 0.2) is 29.2 Å². The van der Waals surface area contributed by atoms with Crippen LogP contribution in [0.3, 0.4) is 0 Å². The third-order valence-electron chi connectivity index (χ3n) is 2.61. The Labute approximate surface area is 130 Å². The average molecular weight is 312 g/mol. The van der Waals surface area contributed by atoms with Crippen molar-refractivity contribution >= 4 is 23.5 Å². The minimum Gasteiger partial charge on any atom is -0.389 e. The molecular formula is C15H24N2O3S. The molecule has 0 aliphatic heterocycles. The highest BCUT2D eigenvalue weighted by Crippen LogP contribution is 2.24. The highest BCUT2D eigenvalue weighted by molar-refractivity contribution is 7.98. The number of thioether (sulfide) groups is 1. The molecule has 0 aliphatic carbocycles. The van der Waals surface area contributed by atoms with Crippen LogP contribution in [-0.2, 0) is 4.74 Å². The topological polar surface area (TPSA) is 70.6 Å². The number of nitrogens with one attached hydrogen (secondary N) is 2. The maximum absolute atomic E-state index is 11.8. The predicted octanol–water partition coefficient (Wildman–Crippen LogP) is 2.56. The molecule has 0 heterocycles. The molecule has 5 nitrogen and oxygen atoms in total. The van der Waals surface area contributed by atoms with E-state index >= 15 is 0 Å². The fourth-order valence-electron chi connectivity index (χ4n) is 1.62. The minimum atomic E-state index is -0.703. The molecule has 0 radical (unpaired) electrons. The van der Waals surface area contributed by atoms with E-state index in [0.717, 1.165) is 10.6 Å². The van der Waals surface area contributed by atoms with Gasteiger partial charge in [-0.1, -0.05) is 26.0 Å². The number of carbonyl (C=O) groups excluding carboxylic acids is 1. The van der Waals surface area contributed by atoms with Crippen molar-refractivity contribution in [3.05, 3.63) is 24.3 Å². The van der Waals surface area contributed by atoms with Gasteiger partial charge in [-0.2, -0.15) is 0 Å². The third-order valence-corrected chi connectivity index (χ3v) is 3.41. The molecule has 0 saturated heterocycles. The summed E-state index contributed by atoms with van der Waals surface area (Å²) in [4.78, 5) is 12.8. The number of hydrogen-bond acceptors (Lipinski definition) is 4. The van der Waals surface area contributed by atoms with Gasteiger partial charge in [0.1, 0.15) is 0 Å². The van der Waals surface area contributed by atoms with Crippen molar-refractivity contribution in [2.24, 2.45) is 5.92 Å². The van der Waals surface area contributed by atoms with Crippen molar-refractivity contribution in [2.45, 2.75) is 24.8 Å². The number of aliphatic hydroxyl groups is 1. The van der Waals surface area contributed by atoms with Crippen LogP contribution in [0, 0.1) is 5.92 Å². The Kier molecular flexibility index (Phi) is 8.19. The number of rotatable bonds is 8. The average Bonchev–Trinajstić information content (AvgIpc) is 2.45. The maximum Gasteiger partial charge on any atom is 0.319 e. The number of hydrogen-bond donors (Lipinski definition) is 3. The van der Waals surface area contributed by atoms with Crippen LogP contribution in [0.4, 0.5) is 10.5 Å². The summed E-state index contributed by atoms with van der Waals surface area (Å²) < 4.78 is 5.32. The molecule has 1 atom stereocenters. The normalized spacial score (nSPS) is 12.2. The third kappa shape index (κ3) is 7.36. The molecule has 6 heteroatoms. The number of urea groups is 1. The van der Waals surface area contributed by atoms with Gasteiger partial charge in [-0.3, -0.25) is 0 Å². The molecule has 1 aromatic carbocycles. The zero-order valence-electron chi connectivity index (χ0n) is 12.8. The van der Waals surface area contributed by atoms with Crippen LogP contribution in [0.2, 0.25) is 0 Å². The number of amides is 2. The van der Waals surface area contributed by atoms with Gasteiger partial charge >= 0.3 is 6.03 Å². The van der Waals surface area contributed by atoms with E-state index in [9.17, 15) is 9.90 Å². The Morgan fingerprint density at radius 2 is 2.05 bits per heavy atom. The number of para-hydroxylation sites is 1. The van der Waals surface area contributed by atoms with Gasteiger partial charge in [-0.15, -0.1) is 11.8 Å². The van der Waals surface area contributed by atoms with E-state index in [-0.39, 0.29) is 19.2 Å². The number of anilines is 1. The largest absolute Gasteiger partial charge is 0.389 e. The molecule has 0 fully saturated rings. The van der Waals surface area contributed by atoms with E-state index in [1.54, 1.807) is 11.8 Å². The van der Waals surface area contributed by atoms with Crippen molar-refractivity contribution in [3.63, 3.8) is 0 Å². The summed E-state index contributed by atoms with van der Waals surface area (Å²) in [5.74, 6) is 0.427. The summed E-state index contributed by atoms with van der Waals surface area (Å²) in [6.07, 6.45) is 1.25. The van der Waals surface area contributed by atoms with E-state index in [4.69, 9.17) is 4.74 Å². The molecule has 0 bridgehead atoms.